The van der Waals surface area contributed by atoms with E-state index in [0.717, 1.165) is 49.9 Å². The molecule has 4 nitrogen and oxygen atoms in total. The van der Waals surface area contributed by atoms with Crippen molar-refractivity contribution in [3.63, 3.8) is 0 Å². The van der Waals surface area contributed by atoms with Crippen LogP contribution in [0.2, 0.25) is 0 Å². The SMILES string of the molecule is O=C(N1CCN(CC2CCNCC2)CC1)C12CC3CC(CC(C3)C1)C2. The monoisotopic (exact) mass is 345 g/mol. The predicted octanol–water partition coefficient (Wildman–Crippen LogP) is 2.35. The third-order valence-corrected chi connectivity index (χ3v) is 8.13. The number of carbonyl (C=O) groups excluding carboxylic acids is 1. The highest BCUT2D eigenvalue weighted by molar-refractivity contribution is 5.83. The summed E-state index contributed by atoms with van der Waals surface area (Å²) in [6, 6.07) is 0. The van der Waals surface area contributed by atoms with E-state index in [1.807, 2.05) is 0 Å². The van der Waals surface area contributed by atoms with Crippen molar-refractivity contribution in [1.29, 1.82) is 0 Å². The van der Waals surface area contributed by atoms with Gasteiger partial charge in [0.15, 0.2) is 0 Å². The lowest BCUT2D eigenvalue weighted by Gasteiger charge is -2.57. The van der Waals surface area contributed by atoms with Gasteiger partial charge in [-0.3, -0.25) is 9.69 Å². The van der Waals surface area contributed by atoms with Crippen LogP contribution in [0.3, 0.4) is 0 Å². The van der Waals surface area contributed by atoms with E-state index < -0.39 is 0 Å². The lowest BCUT2D eigenvalue weighted by atomic mass is 9.49. The van der Waals surface area contributed by atoms with E-state index in [0.29, 0.717) is 5.91 Å². The van der Waals surface area contributed by atoms with Crippen molar-refractivity contribution in [3.8, 4) is 0 Å². The molecule has 4 aliphatic carbocycles. The lowest BCUT2D eigenvalue weighted by Crippen LogP contribution is -2.58. The van der Waals surface area contributed by atoms with Crippen molar-refractivity contribution in [2.24, 2.45) is 29.1 Å². The Morgan fingerprint density at radius 1 is 0.880 bits per heavy atom. The average Bonchev–Trinajstić information content (AvgIpc) is 2.61. The normalized spacial score (nSPS) is 42.1. The van der Waals surface area contributed by atoms with Crippen molar-refractivity contribution in [3.05, 3.63) is 0 Å². The van der Waals surface area contributed by atoms with Crippen molar-refractivity contribution < 1.29 is 4.79 Å². The molecule has 0 unspecified atom stereocenters. The zero-order chi connectivity index (χ0) is 16.9. The summed E-state index contributed by atoms with van der Waals surface area (Å²) in [7, 11) is 0. The molecule has 4 bridgehead atoms. The van der Waals surface area contributed by atoms with Gasteiger partial charge in [-0.1, -0.05) is 0 Å². The second-order valence-electron chi connectivity index (χ2n) is 9.98. The number of nitrogens with one attached hydrogen (secondary N) is 1. The number of hydrogen-bond donors (Lipinski definition) is 1. The van der Waals surface area contributed by atoms with Crippen LogP contribution in [0.4, 0.5) is 0 Å². The smallest absolute Gasteiger partial charge is 0.228 e. The molecule has 2 aliphatic heterocycles. The second kappa shape index (κ2) is 6.53. The molecular weight excluding hydrogens is 310 g/mol. The van der Waals surface area contributed by atoms with Crippen LogP contribution in [0.1, 0.15) is 51.4 Å². The Morgan fingerprint density at radius 2 is 1.44 bits per heavy atom. The molecule has 6 aliphatic rings. The zero-order valence-corrected chi connectivity index (χ0v) is 15.7. The first kappa shape index (κ1) is 16.6. The Kier molecular flexibility index (Phi) is 4.32. The fourth-order valence-electron chi connectivity index (χ4n) is 7.27. The molecule has 0 aromatic rings. The van der Waals surface area contributed by atoms with Gasteiger partial charge < -0.3 is 10.2 Å². The van der Waals surface area contributed by atoms with E-state index in [9.17, 15) is 4.79 Å². The molecule has 6 rings (SSSR count). The molecule has 0 aromatic carbocycles. The minimum Gasteiger partial charge on any atom is -0.340 e. The molecule has 6 fully saturated rings. The molecule has 4 heteroatoms. The first-order valence-electron chi connectivity index (χ1n) is 10.9. The van der Waals surface area contributed by atoms with Crippen LogP contribution < -0.4 is 5.32 Å². The summed E-state index contributed by atoms with van der Waals surface area (Å²) in [5, 5.41) is 3.47. The molecular formula is C21H35N3O. The molecule has 2 saturated heterocycles. The number of piperazine rings is 1. The highest BCUT2D eigenvalue weighted by Gasteiger charge is 2.55. The summed E-state index contributed by atoms with van der Waals surface area (Å²) in [6.07, 6.45) is 10.6. The van der Waals surface area contributed by atoms with Gasteiger partial charge in [0.05, 0.1) is 5.41 Å². The van der Waals surface area contributed by atoms with Gasteiger partial charge in [-0.15, -0.1) is 0 Å². The van der Waals surface area contributed by atoms with Crippen molar-refractivity contribution in [2.75, 3.05) is 45.8 Å². The summed E-state index contributed by atoms with van der Waals surface area (Å²) in [5.74, 6) is 4.03. The Labute approximate surface area is 152 Å². The molecule has 0 spiro atoms. The molecule has 2 heterocycles. The standard InChI is InChI=1S/C21H35N3O/c25-20(21-12-17-9-18(13-21)11-19(10-17)14-21)24-7-5-23(6-8-24)15-16-1-3-22-4-2-16/h16-19,22H,1-15H2. The molecule has 140 valence electrons. The highest BCUT2D eigenvalue weighted by Crippen LogP contribution is 2.60. The maximum absolute atomic E-state index is 13.4. The topological polar surface area (TPSA) is 35.6 Å². The van der Waals surface area contributed by atoms with Crippen molar-refractivity contribution in [1.82, 2.24) is 15.1 Å². The number of piperidine rings is 1. The lowest BCUT2D eigenvalue weighted by molar-refractivity contribution is -0.159. The summed E-state index contributed by atoms with van der Waals surface area (Å²) in [6.45, 7) is 7.78. The van der Waals surface area contributed by atoms with Gasteiger partial charge in [0.1, 0.15) is 0 Å². The number of nitrogens with zero attached hydrogens (tertiary/aromatic N) is 2. The number of amides is 1. The third kappa shape index (κ3) is 3.14. The molecule has 1 N–H and O–H groups in total. The van der Waals surface area contributed by atoms with E-state index in [1.54, 1.807) is 0 Å². The predicted molar refractivity (Wildman–Crippen MR) is 99.2 cm³/mol. The minimum atomic E-state index is 0.0615. The van der Waals surface area contributed by atoms with Gasteiger partial charge in [-0.25, -0.2) is 0 Å². The van der Waals surface area contributed by atoms with E-state index in [-0.39, 0.29) is 5.41 Å². The van der Waals surface area contributed by atoms with Crippen LogP contribution in [0.25, 0.3) is 0 Å². The molecule has 0 aromatic heterocycles. The Hall–Kier alpha value is -0.610. The molecule has 0 atom stereocenters. The van der Waals surface area contributed by atoms with Crippen molar-refractivity contribution in [2.45, 2.75) is 51.4 Å². The maximum Gasteiger partial charge on any atom is 0.228 e. The van der Waals surface area contributed by atoms with E-state index >= 15 is 0 Å². The van der Waals surface area contributed by atoms with Gasteiger partial charge in [0.25, 0.3) is 0 Å². The Balaban J connectivity index is 1.17. The quantitative estimate of drug-likeness (QED) is 0.853. The summed E-state index contributed by atoms with van der Waals surface area (Å²) >= 11 is 0. The number of hydrogen-bond acceptors (Lipinski definition) is 3. The van der Waals surface area contributed by atoms with Gasteiger partial charge in [0.2, 0.25) is 5.91 Å². The van der Waals surface area contributed by atoms with Gasteiger partial charge >= 0.3 is 0 Å². The van der Waals surface area contributed by atoms with Gasteiger partial charge in [0, 0.05) is 32.7 Å². The van der Waals surface area contributed by atoms with Gasteiger partial charge in [-0.2, -0.15) is 0 Å². The highest BCUT2D eigenvalue weighted by atomic mass is 16.2. The number of rotatable bonds is 3. The number of carbonyl (C=O) groups is 1. The molecule has 4 saturated carbocycles. The first-order valence-corrected chi connectivity index (χ1v) is 10.9. The summed E-state index contributed by atoms with van der Waals surface area (Å²) < 4.78 is 0. The third-order valence-electron chi connectivity index (χ3n) is 8.13. The Bertz CT molecular complexity index is 470. The maximum atomic E-state index is 13.4. The van der Waals surface area contributed by atoms with E-state index in [4.69, 9.17) is 0 Å². The van der Waals surface area contributed by atoms with Crippen molar-refractivity contribution >= 4 is 5.91 Å². The largest absolute Gasteiger partial charge is 0.340 e. The van der Waals surface area contributed by atoms with Gasteiger partial charge in [-0.05, 0) is 88.1 Å². The fourth-order valence-corrected chi connectivity index (χ4v) is 7.27. The first-order chi connectivity index (χ1) is 12.2. The zero-order valence-electron chi connectivity index (χ0n) is 15.7. The molecule has 25 heavy (non-hydrogen) atoms. The average molecular weight is 346 g/mol. The minimum absolute atomic E-state index is 0.0615. The van der Waals surface area contributed by atoms with Crippen LogP contribution in [0.5, 0.6) is 0 Å². The molecule has 1 amide bonds. The summed E-state index contributed by atoms with van der Waals surface area (Å²) in [5.41, 5.74) is 0.0615. The van der Waals surface area contributed by atoms with E-state index in [1.165, 1.54) is 71.0 Å². The fraction of sp³-hybridized carbons (Fsp3) is 0.952. The van der Waals surface area contributed by atoms with E-state index in [2.05, 4.69) is 15.1 Å². The van der Waals surface area contributed by atoms with Crippen LogP contribution in [0.15, 0.2) is 0 Å². The van der Waals surface area contributed by atoms with Crippen LogP contribution in [-0.4, -0.2) is 61.5 Å². The summed E-state index contributed by atoms with van der Waals surface area (Å²) in [4.78, 5) is 18.3. The Morgan fingerprint density at radius 3 is 2.00 bits per heavy atom. The second-order valence-corrected chi connectivity index (χ2v) is 9.98. The van der Waals surface area contributed by atoms with Crippen LogP contribution in [0, 0.1) is 29.1 Å². The van der Waals surface area contributed by atoms with Crippen LogP contribution in [-0.2, 0) is 4.79 Å². The van der Waals surface area contributed by atoms with Crippen LogP contribution >= 0.6 is 0 Å². The molecule has 0 radical (unpaired) electrons.